The van der Waals surface area contributed by atoms with Gasteiger partial charge in [0, 0.05) is 29.6 Å². The minimum absolute atomic E-state index is 0. The summed E-state index contributed by atoms with van der Waals surface area (Å²) in [6, 6.07) is 52.4. The van der Waals surface area contributed by atoms with Gasteiger partial charge in [0.2, 0.25) is 0 Å². The monoisotopic (exact) mass is 762 g/mol. The van der Waals surface area contributed by atoms with E-state index >= 15 is 0 Å². The zero-order valence-electron chi connectivity index (χ0n) is 23.9. The molecule has 45 heavy (non-hydrogen) atoms. The smallest absolute Gasteiger partial charge is 0.509 e. The molecule has 0 fully saturated rings. The van der Waals surface area contributed by atoms with Crippen LogP contribution in [-0.2, 0) is 26.5 Å². The van der Waals surface area contributed by atoms with Crippen molar-refractivity contribution < 1.29 is 25.8 Å². The van der Waals surface area contributed by atoms with Crippen LogP contribution in [0.4, 0.5) is 17.1 Å². The van der Waals surface area contributed by atoms with Gasteiger partial charge in [-0.25, -0.2) is 4.68 Å². The van der Waals surface area contributed by atoms with Crippen molar-refractivity contribution in [3.05, 3.63) is 187 Å². The van der Waals surface area contributed by atoms with E-state index in [1.54, 1.807) is 17.1 Å². The average molecular weight is 763 g/mol. The Bertz CT molecular complexity index is 2020. The van der Waals surface area contributed by atoms with E-state index in [4.69, 9.17) is 9.72 Å². The molecule has 0 N–H and O–H groups in total. The molecular formula is C38H25N5OPt. The molecule has 8 rings (SSSR count). The van der Waals surface area contributed by atoms with Gasteiger partial charge in [0.05, 0.1) is 28.7 Å². The van der Waals surface area contributed by atoms with Crippen molar-refractivity contribution in [3.8, 4) is 17.2 Å². The molecule has 0 spiro atoms. The van der Waals surface area contributed by atoms with E-state index in [-0.39, 0.29) is 21.1 Å². The minimum Gasteiger partial charge on any atom is -0.509 e. The van der Waals surface area contributed by atoms with Crippen LogP contribution in [0.25, 0.3) is 5.69 Å². The van der Waals surface area contributed by atoms with Crippen LogP contribution in [-0.4, -0.2) is 20.0 Å². The van der Waals surface area contributed by atoms with Gasteiger partial charge in [-0.1, -0.05) is 65.9 Å². The van der Waals surface area contributed by atoms with Crippen LogP contribution in [0.2, 0.25) is 0 Å². The summed E-state index contributed by atoms with van der Waals surface area (Å²) < 4.78 is 8.04. The molecule has 0 unspecified atom stereocenters. The van der Waals surface area contributed by atoms with Crippen molar-refractivity contribution in [3.63, 3.8) is 0 Å². The number of hydrogen-bond acceptors (Lipinski definition) is 5. The van der Waals surface area contributed by atoms with Gasteiger partial charge in [-0.05, 0) is 53.2 Å². The second-order valence-corrected chi connectivity index (χ2v) is 10.4. The predicted octanol–water partition coefficient (Wildman–Crippen LogP) is 8.22. The summed E-state index contributed by atoms with van der Waals surface area (Å²) in [7, 11) is 0. The zero-order chi connectivity index (χ0) is 29.3. The summed E-state index contributed by atoms with van der Waals surface area (Å²) in [4.78, 5) is 7.33. The number of ether oxygens (including phenoxy) is 1. The van der Waals surface area contributed by atoms with Crippen LogP contribution < -0.4 is 9.64 Å². The molecular weight excluding hydrogens is 738 g/mol. The number of fused-ring (bicyclic) bond motifs is 2. The Balaban J connectivity index is 0.00000325. The molecule has 2 aromatic heterocycles. The van der Waals surface area contributed by atoms with Crippen molar-refractivity contribution in [2.24, 2.45) is 0 Å². The summed E-state index contributed by atoms with van der Waals surface area (Å²) >= 11 is 0. The van der Waals surface area contributed by atoms with Crippen LogP contribution in [0.3, 0.4) is 0 Å². The molecule has 0 radical (unpaired) electrons. The standard InChI is InChI=1S/C38H25N5O.Pt/c1-2-13-29(14-3-1)43-35-20-6-4-18-33(35)38(37-22-8-9-23-39-37,34-19-5-7-21-36(34)43)28-12-10-16-31(26-28)44-32-17-11-15-30(27-32)42-25-24-40-41-42;/h1-25H;/q-2;+2. The Morgan fingerprint density at radius 1 is 0.600 bits per heavy atom. The average Bonchev–Trinajstić information content (AvgIpc) is 3.64. The molecule has 1 aliphatic rings. The molecule has 3 heterocycles. The summed E-state index contributed by atoms with van der Waals surface area (Å²) in [6.45, 7) is 0. The van der Waals surface area contributed by atoms with E-state index in [1.807, 2.05) is 54.7 Å². The van der Waals surface area contributed by atoms with E-state index in [1.165, 1.54) is 0 Å². The third-order valence-corrected chi connectivity index (χ3v) is 7.98. The fraction of sp³-hybridized carbons (Fsp3) is 0.0263. The maximum atomic E-state index is 6.39. The Kier molecular flexibility index (Phi) is 7.58. The fourth-order valence-electron chi connectivity index (χ4n) is 6.20. The topological polar surface area (TPSA) is 56.1 Å². The molecule has 5 aromatic carbocycles. The largest absolute Gasteiger partial charge is 2.00 e. The second kappa shape index (κ2) is 12.0. The van der Waals surface area contributed by atoms with Gasteiger partial charge < -0.3 is 9.64 Å². The van der Waals surface area contributed by atoms with E-state index in [9.17, 15) is 0 Å². The van der Waals surface area contributed by atoms with Gasteiger partial charge in [0.1, 0.15) is 0 Å². The van der Waals surface area contributed by atoms with E-state index in [2.05, 4.69) is 112 Å². The van der Waals surface area contributed by atoms with Crippen molar-refractivity contribution in [2.75, 3.05) is 4.90 Å². The van der Waals surface area contributed by atoms with Gasteiger partial charge in [-0.2, -0.15) is 18.2 Å². The van der Waals surface area contributed by atoms with Crippen molar-refractivity contribution in [2.45, 2.75) is 5.41 Å². The Hall–Kier alpha value is -5.32. The van der Waals surface area contributed by atoms with Gasteiger partial charge in [0.15, 0.2) is 0 Å². The summed E-state index contributed by atoms with van der Waals surface area (Å²) in [5.74, 6) is 1.13. The van der Waals surface area contributed by atoms with Crippen LogP contribution in [0.5, 0.6) is 11.5 Å². The van der Waals surface area contributed by atoms with E-state index in [0.29, 0.717) is 11.5 Å². The number of rotatable bonds is 6. The molecule has 6 nitrogen and oxygen atoms in total. The van der Waals surface area contributed by atoms with E-state index < -0.39 is 5.41 Å². The molecule has 0 bridgehead atoms. The van der Waals surface area contributed by atoms with Crippen LogP contribution in [0.1, 0.15) is 22.4 Å². The SMILES string of the molecule is [Pt+2].[c-]1c(Oc2[c-]c(C3(c4ccccn4)c4ccccc4N(c4ccccc4)c4ccccc43)ccc2)cccc1-n1ccnn1. The van der Waals surface area contributed by atoms with Gasteiger partial charge in [-0.15, -0.1) is 41.0 Å². The third kappa shape index (κ3) is 4.84. The molecule has 7 aromatic rings. The predicted molar refractivity (Wildman–Crippen MR) is 170 cm³/mol. The quantitative estimate of drug-likeness (QED) is 0.160. The number of aromatic nitrogens is 4. The van der Waals surface area contributed by atoms with Crippen molar-refractivity contribution in [1.82, 2.24) is 20.0 Å². The Morgan fingerprint density at radius 3 is 1.96 bits per heavy atom. The number of pyridine rings is 1. The third-order valence-electron chi connectivity index (χ3n) is 7.98. The van der Waals surface area contributed by atoms with Gasteiger partial charge >= 0.3 is 21.1 Å². The Labute approximate surface area is 275 Å². The molecule has 0 amide bonds. The van der Waals surface area contributed by atoms with E-state index in [0.717, 1.165) is 45.1 Å². The number of benzene rings is 5. The minimum atomic E-state index is -0.772. The molecule has 7 heteroatoms. The number of hydrogen-bond donors (Lipinski definition) is 0. The first-order valence-corrected chi connectivity index (χ1v) is 14.4. The number of para-hydroxylation sites is 3. The Morgan fingerprint density at radius 2 is 1.27 bits per heavy atom. The summed E-state index contributed by atoms with van der Waals surface area (Å²) in [5.41, 5.74) is 7.25. The fourth-order valence-corrected chi connectivity index (χ4v) is 6.20. The summed E-state index contributed by atoms with van der Waals surface area (Å²) in [5, 5.41) is 7.99. The number of nitrogens with zero attached hydrogens (tertiary/aromatic N) is 5. The van der Waals surface area contributed by atoms with Gasteiger partial charge in [-0.3, -0.25) is 4.98 Å². The second-order valence-electron chi connectivity index (χ2n) is 10.4. The van der Waals surface area contributed by atoms with Crippen LogP contribution >= 0.6 is 0 Å². The maximum Gasteiger partial charge on any atom is 2.00 e. The molecule has 0 aliphatic carbocycles. The normalized spacial score (nSPS) is 12.8. The molecule has 218 valence electrons. The van der Waals surface area contributed by atoms with Crippen LogP contribution in [0.15, 0.2) is 152 Å². The van der Waals surface area contributed by atoms with Crippen LogP contribution in [0, 0.1) is 12.1 Å². The maximum absolute atomic E-state index is 6.39. The molecule has 0 saturated heterocycles. The van der Waals surface area contributed by atoms with Crippen molar-refractivity contribution in [1.29, 1.82) is 0 Å². The number of anilines is 3. The van der Waals surface area contributed by atoms with Crippen molar-refractivity contribution >= 4 is 17.1 Å². The first-order valence-electron chi connectivity index (χ1n) is 14.4. The zero-order valence-corrected chi connectivity index (χ0v) is 26.2. The first-order chi connectivity index (χ1) is 21.8. The molecule has 0 atom stereocenters. The molecule has 0 saturated carbocycles. The summed E-state index contributed by atoms with van der Waals surface area (Å²) in [6.07, 6.45) is 5.26. The molecule has 1 aliphatic heterocycles. The first kappa shape index (κ1) is 28.4. The van der Waals surface area contributed by atoms with Gasteiger partial charge in [0.25, 0.3) is 0 Å².